The molecule has 39 heavy (non-hydrogen) atoms. The van der Waals surface area contributed by atoms with Crippen LogP contribution >= 0.6 is 11.8 Å². The molecule has 0 bridgehead atoms. The lowest BCUT2D eigenvalue weighted by Gasteiger charge is -2.32. The molecule has 1 aromatic rings. The molecule has 230 valence electrons. The van der Waals surface area contributed by atoms with Gasteiger partial charge in [0.05, 0.1) is 0 Å². The topological polar surface area (TPSA) is 30.7 Å². The molecule has 0 saturated carbocycles. The van der Waals surface area contributed by atoms with E-state index < -0.39 is 0 Å². The Morgan fingerprint density at radius 1 is 0.513 bits per heavy atom. The Morgan fingerprint density at radius 3 is 1.41 bits per heavy atom. The molecule has 0 saturated heterocycles. The SMILES string of the molecule is CCCCCCCCCCCCCCCCCc1nnc(SC(C)(C)CCCCC)n1C(C)(C)CCCCC. The normalized spacial score (nSPS) is 12.5. The van der Waals surface area contributed by atoms with Crippen molar-refractivity contribution in [1.29, 1.82) is 0 Å². The average molecular weight is 564 g/mol. The first-order valence-corrected chi connectivity index (χ1v) is 18.2. The van der Waals surface area contributed by atoms with Gasteiger partial charge in [0, 0.05) is 16.7 Å². The number of thioether (sulfide) groups is 1. The number of hydrogen-bond acceptors (Lipinski definition) is 3. The van der Waals surface area contributed by atoms with Crippen LogP contribution in [-0.4, -0.2) is 19.5 Å². The third kappa shape index (κ3) is 17.1. The van der Waals surface area contributed by atoms with Gasteiger partial charge in [-0.25, -0.2) is 0 Å². The lowest BCUT2D eigenvalue weighted by molar-refractivity contribution is 0.284. The Hall–Kier alpha value is -0.510. The molecule has 1 heterocycles. The Bertz CT molecular complexity index is 694. The van der Waals surface area contributed by atoms with Crippen molar-refractivity contribution in [2.45, 2.75) is 218 Å². The van der Waals surface area contributed by atoms with E-state index in [-0.39, 0.29) is 10.3 Å². The van der Waals surface area contributed by atoms with Crippen molar-refractivity contribution in [2.24, 2.45) is 0 Å². The van der Waals surface area contributed by atoms with Crippen LogP contribution in [0.3, 0.4) is 0 Å². The first-order valence-electron chi connectivity index (χ1n) is 17.4. The Kier molecular flexibility index (Phi) is 20.7. The van der Waals surface area contributed by atoms with E-state index in [1.165, 1.54) is 154 Å². The summed E-state index contributed by atoms with van der Waals surface area (Å²) in [5.74, 6) is 1.22. The van der Waals surface area contributed by atoms with Crippen LogP contribution in [0.15, 0.2) is 5.16 Å². The monoisotopic (exact) mass is 564 g/mol. The molecule has 0 N–H and O–H groups in total. The molecule has 0 amide bonds. The Balaban J connectivity index is 2.45. The molecule has 4 heteroatoms. The predicted molar refractivity (Wildman–Crippen MR) is 176 cm³/mol. The van der Waals surface area contributed by atoms with Gasteiger partial charge in [0.15, 0.2) is 5.16 Å². The molecular formula is C35H69N3S. The van der Waals surface area contributed by atoms with Gasteiger partial charge in [0.2, 0.25) is 0 Å². The quantitative estimate of drug-likeness (QED) is 0.0787. The van der Waals surface area contributed by atoms with Gasteiger partial charge in [-0.15, -0.1) is 10.2 Å². The second kappa shape index (κ2) is 22.1. The van der Waals surface area contributed by atoms with Crippen molar-refractivity contribution in [3.63, 3.8) is 0 Å². The molecule has 0 unspecified atom stereocenters. The summed E-state index contributed by atoms with van der Waals surface area (Å²) in [6.07, 6.45) is 32.4. The molecule has 0 aromatic carbocycles. The van der Waals surface area contributed by atoms with Crippen LogP contribution in [-0.2, 0) is 12.0 Å². The zero-order valence-corrected chi connectivity index (χ0v) is 28.5. The lowest BCUT2D eigenvalue weighted by Crippen LogP contribution is -2.30. The maximum atomic E-state index is 4.79. The second-order valence-corrected chi connectivity index (χ2v) is 15.2. The highest BCUT2D eigenvalue weighted by atomic mass is 32.2. The van der Waals surface area contributed by atoms with Crippen LogP contribution < -0.4 is 0 Å². The summed E-state index contributed by atoms with van der Waals surface area (Å²) >= 11 is 1.96. The molecule has 0 spiro atoms. The summed E-state index contributed by atoms with van der Waals surface area (Å²) in [7, 11) is 0. The number of nitrogens with zero attached hydrogens (tertiary/aromatic N) is 3. The fourth-order valence-corrected chi connectivity index (χ4v) is 7.08. The van der Waals surface area contributed by atoms with E-state index >= 15 is 0 Å². The highest BCUT2D eigenvalue weighted by Gasteiger charge is 2.30. The number of aromatic nitrogens is 3. The van der Waals surface area contributed by atoms with E-state index in [0.29, 0.717) is 0 Å². The molecule has 0 radical (unpaired) electrons. The summed E-state index contributed by atoms with van der Waals surface area (Å²) in [6.45, 7) is 16.5. The van der Waals surface area contributed by atoms with Crippen LogP contribution in [0.4, 0.5) is 0 Å². The molecule has 0 aliphatic heterocycles. The third-order valence-corrected chi connectivity index (χ3v) is 9.66. The summed E-state index contributed by atoms with van der Waals surface area (Å²) in [5, 5.41) is 10.7. The minimum atomic E-state index is 0.0747. The molecule has 1 aromatic heterocycles. The lowest BCUT2D eigenvalue weighted by atomic mass is 9.96. The first kappa shape index (κ1) is 36.5. The number of rotatable bonds is 27. The summed E-state index contributed by atoms with van der Waals surface area (Å²) in [4.78, 5) is 0. The van der Waals surface area contributed by atoms with Gasteiger partial charge in [-0.3, -0.25) is 0 Å². The third-order valence-electron chi connectivity index (χ3n) is 8.45. The van der Waals surface area contributed by atoms with Crippen LogP contribution in [0.1, 0.15) is 202 Å². The smallest absolute Gasteiger partial charge is 0.192 e. The fraction of sp³-hybridized carbons (Fsp3) is 0.943. The minimum Gasteiger partial charge on any atom is -0.300 e. The summed E-state index contributed by atoms with van der Waals surface area (Å²) in [6, 6.07) is 0. The van der Waals surface area contributed by atoms with Gasteiger partial charge in [-0.2, -0.15) is 0 Å². The number of unbranched alkanes of at least 4 members (excludes halogenated alkanes) is 18. The molecular weight excluding hydrogens is 494 g/mol. The molecule has 1 rings (SSSR count). The highest BCUT2D eigenvalue weighted by molar-refractivity contribution is 8.00. The second-order valence-electron chi connectivity index (χ2n) is 13.5. The molecule has 0 aliphatic rings. The van der Waals surface area contributed by atoms with Crippen molar-refractivity contribution in [2.75, 3.05) is 0 Å². The number of hydrogen-bond donors (Lipinski definition) is 0. The van der Waals surface area contributed by atoms with Crippen molar-refractivity contribution < 1.29 is 0 Å². The van der Waals surface area contributed by atoms with Gasteiger partial charge in [0.25, 0.3) is 0 Å². The summed E-state index contributed by atoms with van der Waals surface area (Å²) < 4.78 is 2.74. The van der Waals surface area contributed by atoms with E-state index in [4.69, 9.17) is 10.2 Å². The van der Waals surface area contributed by atoms with Crippen molar-refractivity contribution in [3.05, 3.63) is 5.82 Å². The van der Waals surface area contributed by atoms with E-state index in [1.807, 2.05) is 11.8 Å². The average Bonchev–Trinajstić information content (AvgIpc) is 3.29. The van der Waals surface area contributed by atoms with E-state index in [1.54, 1.807) is 0 Å². The highest BCUT2D eigenvalue weighted by Crippen LogP contribution is 2.39. The number of aryl methyl sites for hydroxylation is 1. The molecule has 0 aliphatic carbocycles. The zero-order valence-electron chi connectivity index (χ0n) is 27.7. The van der Waals surface area contributed by atoms with E-state index in [0.717, 1.165) is 11.6 Å². The first-order chi connectivity index (χ1) is 18.8. The maximum Gasteiger partial charge on any atom is 0.192 e. The molecule has 0 fully saturated rings. The van der Waals surface area contributed by atoms with Crippen LogP contribution in [0.5, 0.6) is 0 Å². The maximum absolute atomic E-state index is 4.79. The van der Waals surface area contributed by atoms with Gasteiger partial charge in [0.1, 0.15) is 5.82 Å². The summed E-state index contributed by atoms with van der Waals surface area (Å²) in [5.41, 5.74) is 0.0747. The van der Waals surface area contributed by atoms with Crippen LogP contribution in [0.2, 0.25) is 0 Å². The van der Waals surface area contributed by atoms with Crippen LogP contribution in [0.25, 0.3) is 0 Å². The largest absolute Gasteiger partial charge is 0.300 e. The van der Waals surface area contributed by atoms with E-state index in [2.05, 4.69) is 53.0 Å². The predicted octanol–water partition coefficient (Wildman–Crippen LogP) is 12.5. The van der Waals surface area contributed by atoms with Crippen molar-refractivity contribution in [3.8, 4) is 0 Å². The van der Waals surface area contributed by atoms with E-state index in [9.17, 15) is 0 Å². The standard InChI is InChI=1S/C35H69N3S/c1-8-11-14-15-16-17-18-19-20-21-22-23-24-25-26-29-32-36-37-33(39-35(6,7)31-28-13-10-3)38(32)34(4,5)30-27-12-9-2/h8-31H2,1-7H3. The zero-order chi connectivity index (χ0) is 28.8. The van der Waals surface area contributed by atoms with Crippen molar-refractivity contribution in [1.82, 2.24) is 14.8 Å². The Labute approximate surface area is 249 Å². The van der Waals surface area contributed by atoms with Crippen molar-refractivity contribution >= 4 is 11.8 Å². The van der Waals surface area contributed by atoms with Gasteiger partial charge in [-0.05, 0) is 33.1 Å². The van der Waals surface area contributed by atoms with Gasteiger partial charge >= 0.3 is 0 Å². The molecule has 0 atom stereocenters. The minimum absolute atomic E-state index is 0.0747. The van der Waals surface area contributed by atoms with Crippen LogP contribution in [0, 0.1) is 0 Å². The Morgan fingerprint density at radius 2 is 0.923 bits per heavy atom. The molecule has 3 nitrogen and oxygen atoms in total. The fourth-order valence-electron chi connectivity index (χ4n) is 5.81. The van der Waals surface area contributed by atoms with Gasteiger partial charge < -0.3 is 4.57 Å². The van der Waals surface area contributed by atoms with Gasteiger partial charge in [-0.1, -0.05) is 175 Å².